The number of Topliss-reactive ketones (excluding diaryl/α,β-unsaturated/α-hetero) is 1. The van der Waals surface area contributed by atoms with E-state index >= 15 is 0 Å². The summed E-state index contributed by atoms with van der Waals surface area (Å²) in [4.78, 5) is 11.5. The molecule has 0 heterocycles. The first kappa shape index (κ1) is 10.8. The quantitative estimate of drug-likeness (QED) is 0.819. The van der Waals surface area contributed by atoms with E-state index in [1.165, 1.54) is 12.1 Å². The van der Waals surface area contributed by atoms with E-state index in [9.17, 15) is 9.18 Å². The molecular formula is C12H12BrFO. The zero-order valence-corrected chi connectivity index (χ0v) is 9.89. The third-order valence-corrected chi connectivity index (χ3v) is 3.43. The van der Waals surface area contributed by atoms with Gasteiger partial charge in [-0.2, -0.15) is 0 Å². The van der Waals surface area contributed by atoms with Crippen molar-refractivity contribution in [2.24, 2.45) is 5.92 Å². The van der Waals surface area contributed by atoms with E-state index in [1.54, 1.807) is 6.07 Å². The summed E-state index contributed by atoms with van der Waals surface area (Å²) in [5.74, 6) is 0.426. The lowest BCUT2D eigenvalue weighted by atomic mass is 10.1. The summed E-state index contributed by atoms with van der Waals surface area (Å²) >= 11 is 3.30. The molecule has 80 valence electrons. The van der Waals surface area contributed by atoms with Gasteiger partial charge < -0.3 is 0 Å². The second-order valence-corrected chi connectivity index (χ2v) is 4.83. The van der Waals surface area contributed by atoms with Crippen molar-refractivity contribution in [3.63, 3.8) is 0 Å². The van der Waals surface area contributed by atoms with Gasteiger partial charge in [0.1, 0.15) is 11.6 Å². The lowest BCUT2D eigenvalue weighted by molar-refractivity contribution is -0.120. The molecule has 0 atom stereocenters. The van der Waals surface area contributed by atoms with Gasteiger partial charge in [0, 0.05) is 16.8 Å². The smallest absolute Gasteiger partial charge is 0.136 e. The molecule has 0 saturated heterocycles. The van der Waals surface area contributed by atoms with Crippen LogP contribution in [0.4, 0.5) is 4.39 Å². The van der Waals surface area contributed by atoms with E-state index in [2.05, 4.69) is 15.9 Å². The predicted octanol–water partition coefficient (Wildman–Crippen LogP) is 3.50. The van der Waals surface area contributed by atoms with Crippen LogP contribution >= 0.6 is 15.9 Å². The van der Waals surface area contributed by atoms with Crippen molar-refractivity contribution in [3.8, 4) is 0 Å². The highest BCUT2D eigenvalue weighted by Gasteiger charge is 2.28. The van der Waals surface area contributed by atoms with Gasteiger partial charge in [-0.3, -0.25) is 4.79 Å². The number of hydrogen-bond donors (Lipinski definition) is 0. The molecule has 3 heteroatoms. The van der Waals surface area contributed by atoms with Gasteiger partial charge in [-0.1, -0.05) is 22.0 Å². The van der Waals surface area contributed by atoms with Crippen LogP contribution in [0, 0.1) is 11.7 Å². The molecule has 0 aliphatic heterocycles. The van der Waals surface area contributed by atoms with Gasteiger partial charge in [-0.15, -0.1) is 0 Å². The minimum Gasteiger partial charge on any atom is -0.299 e. The number of ketones is 1. The fourth-order valence-corrected chi connectivity index (χ4v) is 2.14. The molecule has 1 fully saturated rings. The SMILES string of the molecule is O=C(CCc1ccc(F)cc1Br)C1CC1. The summed E-state index contributed by atoms with van der Waals surface area (Å²) < 4.78 is 13.5. The lowest BCUT2D eigenvalue weighted by Gasteiger charge is -2.03. The van der Waals surface area contributed by atoms with Crippen LogP contribution in [0.3, 0.4) is 0 Å². The largest absolute Gasteiger partial charge is 0.299 e. The van der Waals surface area contributed by atoms with Crippen molar-refractivity contribution < 1.29 is 9.18 Å². The van der Waals surface area contributed by atoms with Crippen molar-refractivity contribution in [3.05, 3.63) is 34.1 Å². The van der Waals surface area contributed by atoms with Crippen LogP contribution in [0.1, 0.15) is 24.8 Å². The molecule has 1 aliphatic carbocycles. The van der Waals surface area contributed by atoms with Crippen molar-refractivity contribution in [2.45, 2.75) is 25.7 Å². The highest BCUT2D eigenvalue weighted by atomic mass is 79.9. The van der Waals surface area contributed by atoms with Crippen LogP contribution in [0.25, 0.3) is 0 Å². The Morgan fingerprint density at radius 1 is 1.47 bits per heavy atom. The van der Waals surface area contributed by atoms with E-state index in [0.29, 0.717) is 24.5 Å². The monoisotopic (exact) mass is 270 g/mol. The van der Waals surface area contributed by atoms with Crippen molar-refractivity contribution >= 4 is 21.7 Å². The van der Waals surface area contributed by atoms with Gasteiger partial charge in [-0.25, -0.2) is 4.39 Å². The molecular weight excluding hydrogens is 259 g/mol. The molecule has 2 rings (SSSR count). The summed E-state index contributed by atoms with van der Waals surface area (Å²) in [6.07, 6.45) is 3.40. The summed E-state index contributed by atoms with van der Waals surface area (Å²) in [5, 5.41) is 0. The first-order valence-corrected chi connectivity index (χ1v) is 5.93. The molecule has 1 aromatic rings. The number of rotatable bonds is 4. The number of benzene rings is 1. The third kappa shape index (κ3) is 2.88. The minimum atomic E-state index is -0.251. The second kappa shape index (κ2) is 4.44. The summed E-state index contributed by atoms with van der Waals surface area (Å²) in [5.41, 5.74) is 1.01. The normalized spacial score (nSPS) is 15.3. The van der Waals surface area contributed by atoms with Crippen molar-refractivity contribution in [1.82, 2.24) is 0 Å². The standard InChI is InChI=1S/C12H12BrFO/c13-11-7-10(14)5-3-8(11)4-6-12(15)9-1-2-9/h3,5,7,9H,1-2,4,6H2. The maximum absolute atomic E-state index is 12.8. The zero-order valence-electron chi connectivity index (χ0n) is 8.30. The highest BCUT2D eigenvalue weighted by Crippen LogP contribution is 2.31. The molecule has 0 amide bonds. The Hall–Kier alpha value is -0.700. The van der Waals surface area contributed by atoms with Gasteiger partial charge in [-0.05, 0) is 37.0 Å². The third-order valence-electron chi connectivity index (χ3n) is 2.69. The number of halogens is 2. The lowest BCUT2D eigenvalue weighted by Crippen LogP contribution is -2.02. The zero-order chi connectivity index (χ0) is 10.8. The van der Waals surface area contributed by atoms with Gasteiger partial charge >= 0.3 is 0 Å². The van der Waals surface area contributed by atoms with Gasteiger partial charge in [0.15, 0.2) is 0 Å². The van der Waals surface area contributed by atoms with E-state index in [0.717, 1.165) is 22.9 Å². The van der Waals surface area contributed by atoms with Crippen LogP contribution < -0.4 is 0 Å². The summed E-state index contributed by atoms with van der Waals surface area (Å²) in [6, 6.07) is 4.61. The van der Waals surface area contributed by atoms with Crippen molar-refractivity contribution in [1.29, 1.82) is 0 Å². The molecule has 0 N–H and O–H groups in total. The average molecular weight is 271 g/mol. The predicted molar refractivity (Wildman–Crippen MR) is 60.2 cm³/mol. The molecule has 0 unspecified atom stereocenters. The molecule has 0 radical (unpaired) electrons. The Labute approximate surface area is 96.8 Å². The fourth-order valence-electron chi connectivity index (χ4n) is 1.59. The van der Waals surface area contributed by atoms with Crippen LogP contribution in [0.15, 0.2) is 22.7 Å². The maximum Gasteiger partial charge on any atom is 0.136 e. The van der Waals surface area contributed by atoms with E-state index < -0.39 is 0 Å². The van der Waals surface area contributed by atoms with Crippen LogP contribution in [-0.4, -0.2) is 5.78 Å². The number of hydrogen-bond acceptors (Lipinski definition) is 1. The molecule has 1 aromatic carbocycles. The first-order chi connectivity index (χ1) is 7.16. The average Bonchev–Trinajstić information content (AvgIpc) is 2.99. The Kier molecular flexibility index (Phi) is 3.19. The molecule has 1 aliphatic rings. The molecule has 0 aromatic heterocycles. The van der Waals surface area contributed by atoms with Gasteiger partial charge in [0.05, 0.1) is 0 Å². The topological polar surface area (TPSA) is 17.1 Å². The Morgan fingerprint density at radius 2 is 2.20 bits per heavy atom. The summed E-state index contributed by atoms with van der Waals surface area (Å²) in [7, 11) is 0. The van der Waals surface area contributed by atoms with Crippen LogP contribution in [0.2, 0.25) is 0 Å². The Bertz CT molecular complexity index is 385. The number of aryl methyl sites for hydroxylation is 1. The second-order valence-electron chi connectivity index (χ2n) is 3.98. The van der Waals surface area contributed by atoms with Crippen LogP contribution in [0.5, 0.6) is 0 Å². The molecule has 0 spiro atoms. The van der Waals surface area contributed by atoms with E-state index in [4.69, 9.17) is 0 Å². The van der Waals surface area contributed by atoms with E-state index in [1.807, 2.05) is 0 Å². The minimum absolute atomic E-state index is 0.251. The molecule has 15 heavy (non-hydrogen) atoms. The number of carbonyl (C=O) groups excluding carboxylic acids is 1. The maximum atomic E-state index is 12.8. The van der Waals surface area contributed by atoms with Crippen molar-refractivity contribution in [2.75, 3.05) is 0 Å². The Balaban J connectivity index is 1.95. The Morgan fingerprint density at radius 3 is 2.80 bits per heavy atom. The van der Waals surface area contributed by atoms with Gasteiger partial charge in [0.25, 0.3) is 0 Å². The summed E-state index contributed by atoms with van der Waals surface area (Å²) in [6.45, 7) is 0. The molecule has 1 nitrogen and oxygen atoms in total. The number of carbonyl (C=O) groups is 1. The van der Waals surface area contributed by atoms with Crippen LogP contribution in [-0.2, 0) is 11.2 Å². The van der Waals surface area contributed by atoms with E-state index in [-0.39, 0.29) is 5.82 Å². The highest BCUT2D eigenvalue weighted by molar-refractivity contribution is 9.10. The fraction of sp³-hybridized carbons (Fsp3) is 0.417. The first-order valence-electron chi connectivity index (χ1n) is 5.13. The molecule has 0 bridgehead atoms. The molecule has 1 saturated carbocycles. The van der Waals surface area contributed by atoms with Gasteiger partial charge in [0.2, 0.25) is 0 Å².